The second kappa shape index (κ2) is 7.83. The summed E-state index contributed by atoms with van der Waals surface area (Å²) < 4.78 is 4.04. The van der Waals surface area contributed by atoms with Gasteiger partial charge >= 0.3 is 0 Å². The standard InChI is InChI=1S/C24H21N5O/c30-23-14-24(27-18-7-3-1-4-8-18)29(20-9-5-2-6-10-20)22-13-19(26-15-21(22)23)16-28-12-11-25-17-28/h2-3,5-15,17,27H,1,4,16H2. The molecule has 1 aromatic carbocycles. The van der Waals surface area contributed by atoms with Crippen molar-refractivity contribution in [1.29, 1.82) is 0 Å². The van der Waals surface area contributed by atoms with Crippen LogP contribution in [0.4, 0.5) is 5.82 Å². The van der Waals surface area contributed by atoms with Crippen LogP contribution in [0.3, 0.4) is 0 Å². The molecular weight excluding hydrogens is 374 g/mol. The summed E-state index contributed by atoms with van der Waals surface area (Å²) >= 11 is 0. The first-order chi connectivity index (χ1) is 14.8. The largest absolute Gasteiger partial charge is 0.342 e. The number of para-hydroxylation sites is 1. The van der Waals surface area contributed by atoms with E-state index in [2.05, 4.69) is 38.1 Å². The second-order valence-electron chi connectivity index (χ2n) is 7.26. The number of aromatic nitrogens is 4. The topological polar surface area (TPSA) is 64.7 Å². The highest BCUT2D eigenvalue weighted by Crippen LogP contribution is 2.25. The van der Waals surface area contributed by atoms with Crippen LogP contribution in [0.5, 0.6) is 0 Å². The summed E-state index contributed by atoms with van der Waals surface area (Å²) in [6, 6.07) is 13.7. The number of nitrogens with zero attached hydrogens (tertiary/aromatic N) is 4. The fraction of sp³-hybridized carbons (Fsp3) is 0.125. The molecule has 0 spiro atoms. The Morgan fingerprint density at radius 1 is 1.10 bits per heavy atom. The Labute approximate surface area is 173 Å². The van der Waals surface area contributed by atoms with Crippen molar-refractivity contribution >= 4 is 16.7 Å². The molecule has 0 amide bonds. The van der Waals surface area contributed by atoms with Crippen molar-refractivity contribution in [2.75, 3.05) is 5.32 Å². The van der Waals surface area contributed by atoms with E-state index in [0.29, 0.717) is 11.9 Å². The summed E-state index contributed by atoms with van der Waals surface area (Å²) in [5, 5.41) is 4.04. The minimum atomic E-state index is -0.0539. The molecule has 0 saturated carbocycles. The Hall–Kier alpha value is -3.93. The van der Waals surface area contributed by atoms with Crippen LogP contribution < -0.4 is 10.7 Å². The number of imidazole rings is 1. The lowest BCUT2D eigenvalue weighted by atomic mass is 10.1. The quantitative estimate of drug-likeness (QED) is 0.548. The molecule has 5 rings (SSSR count). The van der Waals surface area contributed by atoms with Gasteiger partial charge in [0.2, 0.25) is 0 Å². The molecule has 30 heavy (non-hydrogen) atoms. The van der Waals surface area contributed by atoms with Crippen molar-refractivity contribution in [3.63, 3.8) is 0 Å². The summed E-state index contributed by atoms with van der Waals surface area (Å²) in [5.41, 5.74) is 3.60. The van der Waals surface area contributed by atoms with E-state index in [9.17, 15) is 4.79 Å². The van der Waals surface area contributed by atoms with Crippen LogP contribution in [-0.4, -0.2) is 19.1 Å². The predicted molar refractivity (Wildman–Crippen MR) is 119 cm³/mol. The minimum Gasteiger partial charge on any atom is -0.342 e. The average Bonchev–Trinajstić information content (AvgIpc) is 3.28. The molecule has 6 heteroatoms. The van der Waals surface area contributed by atoms with Gasteiger partial charge in [0.15, 0.2) is 5.43 Å². The molecule has 1 aliphatic carbocycles. The number of pyridine rings is 2. The molecular formula is C24H21N5O. The van der Waals surface area contributed by atoms with Gasteiger partial charge in [-0.1, -0.05) is 30.4 Å². The number of fused-ring (bicyclic) bond motifs is 1. The number of hydrogen-bond donors (Lipinski definition) is 1. The number of benzene rings is 1. The van der Waals surface area contributed by atoms with Crippen LogP contribution in [-0.2, 0) is 6.54 Å². The first kappa shape index (κ1) is 18.1. The van der Waals surface area contributed by atoms with Gasteiger partial charge in [-0.15, -0.1) is 0 Å². The molecule has 0 radical (unpaired) electrons. The number of nitrogens with one attached hydrogen (secondary N) is 1. The first-order valence-corrected chi connectivity index (χ1v) is 9.97. The van der Waals surface area contributed by atoms with Crippen molar-refractivity contribution in [3.8, 4) is 5.69 Å². The zero-order chi connectivity index (χ0) is 20.3. The SMILES string of the molecule is O=c1cc(NC2=CCCC=C2)n(-c2ccccc2)c2cc(Cn3ccnc3)ncc12. The molecule has 3 aromatic heterocycles. The Morgan fingerprint density at radius 3 is 2.77 bits per heavy atom. The summed E-state index contributed by atoms with van der Waals surface area (Å²) in [7, 11) is 0. The Bertz CT molecular complexity index is 1300. The van der Waals surface area contributed by atoms with Crippen LogP contribution in [0.1, 0.15) is 18.5 Å². The van der Waals surface area contributed by atoms with Gasteiger partial charge in [0.1, 0.15) is 5.82 Å². The Balaban J connectivity index is 1.70. The van der Waals surface area contributed by atoms with E-state index in [0.717, 1.165) is 41.3 Å². The lowest BCUT2D eigenvalue weighted by molar-refractivity contribution is 0.774. The van der Waals surface area contributed by atoms with Crippen molar-refractivity contribution in [2.45, 2.75) is 19.4 Å². The van der Waals surface area contributed by atoms with Gasteiger partial charge in [-0.2, -0.15) is 0 Å². The lowest BCUT2D eigenvalue weighted by Crippen LogP contribution is -2.15. The molecule has 4 aromatic rings. The van der Waals surface area contributed by atoms with Gasteiger partial charge < -0.3 is 9.88 Å². The predicted octanol–water partition coefficient (Wildman–Crippen LogP) is 4.28. The molecule has 0 fully saturated rings. The number of rotatable bonds is 5. The van der Waals surface area contributed by atoms with Gasteiger partial charge in [-0.05, 0) is 37.1 Å². The molecule has 0 atom stereocenters. The van der Waals surface area contributed by atoms with Gasteiger partial charge in [-0.25, -0.2) is 4.98 Å². The van der Waals surface area contributed by atoms with E-state index in [1.54, 1.807) is 24.8 Å². The van der Waals surface area contributed by atoms with Gasteiger partial charge in [0, 0.05) is 36.0 Å². The van der Waals surface area contributed by atoms with Gasteiger partial charge in [0.05, 0.1) is 29.5 Å². The molecule has 1 aliphatic rings. The monoisotopic (exact) mass is 395 g/mol. The van der Waals surface area contributed by atoms with E-state index in [4.69, 9.17) is 0 Å². The highest BCUT2D eigenvalue weighted by molar-refractivity contribution is 5.83. The fourth-order valence-electron chi connectivity index (χ4n) is 3.71. The number of allylic oxidation sites excluding steroid dienone is 3. The third kappa shape index (κ3) is 3.55. The normalized spacial score (nSPS) is 13.4. The fourth-order valence-corrected chi connectivity index (χ4v) is 3.71. The summed E-state index contributed by atoms with van der Waals surface area (Å²) in [6.07, 6.45) is 15.5. The van der Waals surface area contributed by atoms with Crippen molar-refractivity contribution in [1.82, 2.24) is 19.1 Å². The molecule has 0 unspecified atom stereocenters. The van der Waals surface area contributed by atoms with E-state index in [1.807, 2.05) is 47.2 Å². The maximum absolute atomic E-state index is 12.9. The minimum absolute atomic E-state index is 0.0539. The van der Waals surface area contributed by atoms with Gasteiger partial charge in [-0.3, -0.25) is 14.3 Å². The Morgan fingerprint density at radius 2 is 2.00 bits per heavy atom. The third-order valence-corrected chi connectivity index (χ3v) is 5.14. The summed E-state index contributed by atoms with van der Waals surface area (Å²) in [4.78, 5) is 21.5. The van der Waals surface area contributed by atoms with Crippen LogP contribution in [0, 0.1) is 0 Å². The van der Waals surface area contributed by atoms with E-state index in [-0.39, 0.29) is 5.43 Å². The zero-order valence-corrected chi connectivity index (χ0v) is 16.4. The number of anilines is 1. The molecule has 148 valence electrons. The first-order valence-electron chi connectivity index (χ1n) is 9.97. The van der Waals surface area contributed by atoms with Crippen molar-refractivity contribution < 1.29 is 0 Å². The van der Waals surface area contributed by atoms with Crippen LogP contribution in [0.15, 0.2) is 96.1 Å². The molecule has 0 bridgehead atoms. The van der Waals surface area contributed by atoms with Crippen LogP contribution in [0.2, 0.25) is 0 Å². The van der Waals surface area contributed by atoms with Crippen molar-refractivity contribution in [2.24, 2.45) is 0 Å². The molecule has 1 N–H and O–H groups in total. The zero-order valence-electron chi connectivity index (χ0n) is 16.4. The van der Waals surface area contributed by atoms with Crippen molar-refractivity contribution in [3.05, 3.63) is 107 Å². The Kier molecular flexibility index (Phi) is 4.73. The van der Waals surface area contributed by atoms with Crippen LogP contribution in [0.25, 0.3) is 16.6 Å². The van der Waals surface area contributed by atoms with E-state index < -0.39 is 0 Å². The summed E-state index contributed by atoms with van der Waals surface area (Å²) in [5.74, 6) is 0.733. The lowest BCUT2D eigenvalue weighted by Gasteiger charge is -2.20. The maximum atomic E-state index is 12.9. The molecule has 0 aliphatic heterocycles. The highest BCUT2D eigenvalue weighted by atomic mass is 16.1. The summed E-state index contributed by atoms with van der Waals surface area (Å²) in [6.45, 7) is 0.588. The number of hydrogen-bond acceptors (Lipinski definition) is 4. The smallest absolute Gasteiger partial charge is 0.193 e. The highest BCUT2D eigenvalue weighted by Gasteiger charge is 2.13. The van der Waals surface area contributed by atoms with Crippen LogP contribution >= 0.6 is 0 Å². The van der Waals surface area contributed by atoms with Gasteiger partial charge in [0.25, 0.3) is 0 Å². The second-order valence-corrected chi connectivity index (χ2v) is 7.26. The average molecular weight is 395 g/mol. The van der Waals surface area contributed by atoms with E-state index >= 15 is 0 Å². The molecule has 6 nitrogen and oxygen atoms in total. The van der Waals surface area contributed by atoms with E-state index in [1.165, 1.54) is 0 Å². The molecule has 0 saturated heterocycles. The molecule has 3 heterocycles. The third-order valence-electron chi connectivity index (χ3n) is 5.14. The maximum Gasteiger partial charge on any atom is 0.193 e.